The Morgan fingerprint density at radius 2 is 1.79 bits per heavy atom. The van der Waals surface area contributed by atoms with Crippen molar-refractivity contribution < 1.29 is 9.53 Å². The molecule has 0 heterocycles. The Morgan fingerprint density at radius 3 is 2.42 bits per heavy atom. The van der Waals surface area contributed by atoms with Crippen molar-refractivity contribution in [3.8, 4) is 0 Å². The predicted molar refractivity (Wildman–Crippen MR) is 77.3 cm³/mol. The molecule has 1 aromatic carbocycles. The first-order chi connectivity index (χ1) is 9.29. The SMILES string of the molecule is O=C(Cc1ccc(SCC2CC2)cc1)OCC1CC1. The molecule has 3 rings (SSSR count). The van der Waals surface area contributed by atoms with Crippen LogP contribution in [0.15, 0.2) is 29.2 Å². The molecule has 0 spiro atoms. The van der Waals surface area contributed by atoms with E-state index < -0.39 is 0 Å². The molecule has 0 N–H and O–H groups in total. The van der Waals surface area contributed by atoms with E-state index in [1.807, 2.05) is 23.9 Å². The van der Waals surface area contributed by atoms with E-state index in [-0.39, 0.29) is 5.97 Å². The van der Waals surface area contributed by atoms with Crippen LogP contribution in [0.25, 0.3) is 0 Å². The number of hydrogen-bond donors (Lipinski definition) is 0. The van der Waals surface area contributed by atoms with Crippen molar-refractivity contribution in [2.45, 2.75) is 37.0 Å². The quantitative estimate of drug-likeness (QED) is 0.561. The van der Waals surface area contributed by atoms with E-state index in [2.05, 4.69) is 12.1 Å². The van der Waals surface area contributed by atoms with Gasteiger partial charge in [-0.25, -0.2) is 0 Å². The summed E-state index contributed by atoms with van der Waals surface area (Å²) in [7, 11) is 0. The first-order valence-electron chi connectivity index (χ1n) is 7.17. The van der Waals surface area contributed by atoms with Gasteiger partial charge in [-0.15, -0.1) is 11.8 Å². The summed E-state index contributed by atoms with van der Waals surface area (Å²) < 4.78 is 5.24. The highest BCUT2D eigenvalue weighted by molar-refractivity contribution is 7.99. The third-order valence-electron chi connectivity index (χ3n) is 3.63. The molecule has 0 amide bonds. The highest BCUT2D eigenvalue weighted by Crippen LogP contribution is 2.35. The molecular formula is C16H20O2S. The van der Waals surface area contributed by atoms with E-state index in [9.17, 15) is 4.79 Å². The lowest BCUT2D eigenvalue weighted by atomic mass is 10.1. The fourth-order valence-corrected chi connectivity index (χ4v) is 3.01. The van der Waals surface area contributed by atoms with E-state index in [0.717, 1.165) is 11.5 Å². The van der Waals surface area contributed by atoms with E-state index in [4.69, 9.17) is 4.74 Å². The Balaban J connectivity index is 1.42. The van der Waals surface area contributed by atoms with Crippen LogP contribution in [0, 0.1) is 11.8 Å². The molecule has 19 heavy (non-hydrogen) atoms. The van der Waals surface area contributed by atoms with Gasteiger partial charge in [0.25, 0.3) is 0 Å². The second-order valence-electron chi connectivity index (χ2n) is 5.70. The highest BCUT2D eigenvalue weighted by Gasteiger charge is 2.23. The standard InChI is InChI=1S/C16H20O2S/c17-16(18-10-13-1-2-13)9-12-5-7-15(8-6-12)19-11-14-3-4-14/h5-8,13-14H,1-4,9-11H2. The third-order valence-corrected chi connectivity index (χ3v) is 4.87. The lowest BCUT2D eigenvalue weighted by Gasteiger charge is -2.05. The molecule has 2 saturated carbocycles. The van der Waals surface area contributed by atoms with Gasteiger partial charge in [-0.2, -0.15) is 0 Å². The first kappa shape index (κ1) is 13.0. The van der Waals surface area contributed by atoms with Crippen molar-refractivity contribution in [3.63, 3.8) is 0 Å². The molecule has 3 heteroatoms. The van der Waals surface area contributed by atoms with Crippen molar-refractivity contribution in [2.75, 3.05) is 12.4 Å². The van der Waals surface area contributed by atoms with Gasteiger partial charge in [0.2, 0.25) is 0 Å². The number of ether oxygens (including phenoxy) is 1. The van der Waals surface area contributed by atoms with Gasteiger partial charge in [-0.1, -0.05) is 12.1 Å². The zero-order valence-electron chi connectivity index (χ0n) is 11.1. The molecule has 1 aromatic rings. The summed E-state index contributed by atoms with van der Waals surface area (Å²) in [5.41, 5.74) is 1.05. The molecule has 2 aliphatic carbocycles. The molecule has 0 aromatic heterocycles. The average Bonchev–Trinajstić information content (AvgIpc) is 3.28. The largest absolute Gasteiger partial charge is 0.465 e. The lowest BCUT2D eigenvalue weighted by Crippen LogP contribution is -2.09. The van der Waals surface area contributed by atoms with Crippen LogP contribution in [-0.2, 0) is 16.0 Å². The molecule has 0 unspecified atom stereocenters. The van der Waals surface area contributed by atoms with Crippen molar-refractivity contribution in [3.05, 3.63) is 29.8 Å². The highest BCUT2D eigenvalue weighted by atomic mass is 32.2. The molecule has 2 aliphatic rings. The molecule has 2 fully saturated rings. The van der Waals surface area contributed by atoms with Gasteiger partial charge >= 0.3 is 5.97 Å². The maximum atomic E-state index is 11.6. The molecule has 0 atom stereocenters. The van der Waals surface area contributed by atoms with Crippen LogP contribution >= 0.6 is 11.8 Å². The molecule has 0 bridgehead atoms. The Morgan fingerprint density at radius 1 is 1.11 bits per heavy atom. The Labute approximate surface area is 118 Å². The maximum Gasteiger partial charge on any atom is 0.310 e. The van der Waals surface area contributed by atoms with E-state index in [1.54, 1.807) is 0 Å². The van der Waals surface area contributed by atoms with E-state index in [0.29, 0.717) is 18.9 Å². The van der Waals surface area contributed by atoms with Crippen LogP contribution in [0.1, 0.15) is 31.2 Å². The summed E-state index contributed by atoms with van der Waals surface area (Å²) in [5, 5.41) is 0. The van der Waals surface area contributed by atoms with Crippen LogP contribution in [-0.4, -0.2) is 18.3 Å². The number of rotatable bonds is 7. The predicted octanol–water partition coefficient (Wildman–Crippen LogP) is 3.68. The summed E-state index contributed by atoms with van der Waals surface area (Å²) in [5.74, 6) is 2.74. The summed E-state index contributed by atoms with van der Waals surface area (Å²) >= 11 is 1.92. The fraction of sp³-hybridized carbons (Fsp3) is 0.562. The normalized spacial score (nSPS) is 18.3. The molecule has 0 radical (unpaired) electrons. The molecule has 0 saturated heterocycles. The van der Waals surface area contributed by atoms with Gasteiger partial charge in [-0.3, -0.25) is 4.79 Å². The molecule has 2 nitrogen and oxygen atoms in total. The first-order valence-corrected chi connectivity index (χ1v) is 8.15. The molecule has 102 valence electrons. The number of thioether (sulfide) groups is 1. The lowest BCUT2D eigenvalue weighted by molar-refractivity contribution is -0.143. The summed E-state index contributed by atoms with van der Waals surface area (Å²) in [4.78, 5) is 12.9. The topological polar surface area (TPSA) is 26.3 Å². The monoisotopic (exact) mass is 276 g/mol. The summed E-state index contributed by atoms with van der Waals surface area (Å²) in [6, 6.07) is 8.34. The van der Waals surface area contributed by atoms with E-state index >= 15 is 0 Å². The zero-order valence-corrected chi connectivity index (χ0v) is 12.0. The minimum atomic E-state index is -0.0923. The number of hydrogen-bond acceptors (Lipinski definition) is 3. The third kappa shape index (κ3) is 4.57. The molecular weight excluding hydrogens is 256 g/mol. The number of benzene rings is 1. The summed E-state index contributed by atoms with van der Waals surface area (Å²) in [6.45, 7) is 0.619. The second-order valence-corrected chi connectivity index (χ2v) is 6.79. The Kier molecular flexibility index (Phi) is 4.12. The second kappa shape index (κ2) is 6.00. The van der Waals surface area contributed by atoms with Gasteiger partial charge in [0.05, 0.1) is 13.0 Å². The summed E-state index contributed by atoms with van der Waals surface area (Å²) in [6.07, 6.45) is 5.65. The zero-order chi connectivity index (χ0) is 13.1. The minimum Gasteiger partial charge on any atom is -0.465 e. The minimum absolute atomic E-state index is 0.0923. The van der Waals surface area contributed by atoms with Crippen LogP contribution < -0.4 is 0 Å². The van der Waals surface area contributed by atoms with Gasteiger partial charge in [0, 0.05) is 10.6 Å². The number of carbonyl (C=O) groups is 1. The van der Waals surface area contributed by atoms with Crippen LogP contribution in [0.4, 0.5) is 0 Å². The van der Waals surface area contributed by atoms with Crippen molar-refractivity contribution in [2.24, 2.45) is 11.8 Å². The Hall–Kier alpha value is -0.960. The van der Waals surface area contributed by atoms with Gasteiger partial charge < -0.3 is 4.74 Å². The van der Waals surface area contributed by atoms with Gasteiger partial charge in [-0.05, 0) is 55.2 Å². The fourth-order valence-electron chi connectivity index (χ4n) is 1.92. The number of carbonyl (C=O) groups excluding carboxylic acids is 1. The number of esters is 1. The Bertz CT molecular complexity index is 433. The smallest absolute Gasteiger partial charge is 0.310 e. The van der Waals surface area contributed by atoms with Crippen LogP contribution in [0.3, 0.4) is 0 Å². The van der Waals surface area contributed by atoms with Crippen molar-refractivity contribution in [1.82, 2.24) is 0 Å². The molecule has 0 aliphatic heterocycles. The van der Waals surface area contributed by atoms with Gasteiger partial charge in [0.15, 0.2) is 0 Å². The van der Waals surface area contributed by atoms with E-state index in [1.165, 1.54) is 36.3 Å². The van der Waals surface area contributed by atoms with Crippen molar-refractivity contribution in [1.29, 1.82) is 0 Å². The van der Waals surface area contributed by atoms with Gasteiger partial charge in [0.1, 0.15) is 0 Å². The average molecular weight is 276 g/mol. The maximum absolute atomic E-state index is 11.6. The van der Waals surface area contributed by atoms with Crippen LogP contribution in [0.5, 0.6) is 0 Å². The van der Waals surface area contributed by atoms with Crippen LogP contribution in [0.2, 0.25) is 0 Å². The van der Waals surface area contributed by atoms with Crippen molar-refractivity contribution >= 4 is 17.7 Å².